The van der Waals surface area contributed by atoms with Crippen molar-refractivity contribution in [3.8, 4) is 11.3 Å². The van der Waals surface area contributed by atoms with Crippen molar-refractivity contribution in [2.45, 2.75) is 58.0 Å². The van der Waals surface area contributed by atoms with Crippen LogP contribution in [0.5, 0.6) is 0 Å². The molecule has 1 amide bonds. The molecule has 38 heavy (non-hydrogen) atoms. The molecule has 0 aliphatic heterocycles. The number of pyridine rings is 1. The predicted molar refractivity (Wildman–Crippen MR) is 157 cm³/mol. The molecule has 1 saturated carbocycles. The van der Waals surface area contributed by atoms with Gasteiger partial charge in [-0.3, -0.25) is 9.78 Å². The lowest BCUT2D eigenvalue weighted by Crippen LogP contribution is -2.36. The lowest BCUT2D eigenvalue weighted by molar-refractivity contribution is -0.132. The molecule has 0 saturated heterocycles. The molecule has 1 aromatic heterocycles. The fraction of sp³-hybridized carbons (Fsp3) is 0.455. The molecule has 1 fully saturated rings. The van der Waals surface area contributed by atoms with E-state index >= 15 is 0 Å². The molecule has 4 rings (SSSR count). The molecule has 0 spiro atoms. The standard InChI is InChI=1S/C33H44N4O/c1-36(2)22-23-37(33(38)19-15-27-10-6-7-11-27)26-30-14-18-32(35-25-30)31-16-12-29(13-17-31)24-34-21-20-28-8-4-3-5-9-28/h3-5,8-9,12-14,16-18,25,27,34H,6-7,10-11,15,19-24,26H2,1-2H3. The third-order valence-electron chi connectivity index (χ3n) is 7.62. The number of hydrogen-bond acceptors (Lipinski definition) is 4. The van der Waals surface area contributed by atoms with Gasteiger partial charge in [-0.15, -0.1) is 0 Å². The molecule has 0 radical (unpaired) electrons. The number of nitrogens with zero attached hydrogens (tertiary/aromatic N) is 3. The quantitative estimate of drug-likeness (QED) is 0.272. The highest BCUT2D eigenvalue weighted by atomic mass is 16.2. The zero-order chi connectivity index (χ0) is 26.6. The van der Waals surface area contributed by atoms with Crippen molar-refractivity contribution in [3.63, 3.8) is 0 Å². The molecule has 0 unspecified atom stereocenters. The Kier molecular flexibility index (Phi) is 10.9. The van der Waals surface area contributed by atoms with Gasteiger partial charge in [0.15, 0.2) is 0 Å². The highest BCUT2D eigenvalue weighted by molar-refractivity contribution is 5.76. The summed E-state index contributed by atoms with van der Waals surface area (Å²) in [6.07, 6.45) is 9.91. The number of hydrogen-bond donors (Lipinski definition) is 1. The fourth-order valence-electron chi connectivity index (χ4n) is 5.21. The summed E-state index contributed by atoms with van der Waals surface area (Å²) in [6, 6.07) is 23.4. The second-order valence-electron chi connectivity index (χ2n) is 11.0. The van der Waals surface area contributed by atoms with Crippen LogP contribution in [0.4, 0.5) is 0 Å². The summed E-state index contributed by atoms with van der Waals surface area (Å²) in [4.78, 5) is 22.0. The molecule has 1 aliphatic carbocycles. The first-order valence-corrected chi connectivity index (χ1v) is 14.3. The Balaban J connectivity index is 1.28. The van der Waals surface area contributed by atoms with E-state index in [2.05, 4.69) is 91.0 Å². The van der Waals surface area contributed by atoms with E-state index in [0.29, 0.717) is 13.0 Å². The lowest BCUT2D eigenvalue weighted by atomic mass is 10.0. The number of benzene rings is 2. The monoisotopic (exact) mass is 512 g/mol. The molecular weight excluding hydrogens is 468 g/mol. The molecular formula is C33H44N4O. The first-order valence-electron chi connectivity index (χ1n) is 14.3. The van der Waals surface area contributed by atoms with Crippen LogP contribution in [0.2, 0.25) is 0 Å². The zero-order valence-electron chi connectivity index (χ0n) is 23.2. The Hall–Kier alpha value is -3.02. The average molecular weight is 513 g/mol. The molecule has 0 bridgehead atoms. The van der Waals surface area contributed by atoms with Gasteiger partial charge in [0.05, 0.1) is 5.69 Å². The number of rotatable bonds is 14. The van der Waals surface area contributed by atoms with Crippen LogP contribution in [0.3, 0.4) is 0 Å². The maximum absolute atomic E-state index is 13.1. The Bertz CT molecular complexity index is 1090. The molecule has 5 heteroatoms. The third-order valence-corrected chi connectivity index (χ3v) is 7.62. The molecule has 1 N–H and O–H groups in total. The molecule has 0 atom stereocenters. The number of amides is 1. The largest absolute Gasteiger partial charge is 0.337 e. The molecule has 3 aromatic rings. The minimum atomic E-state index is 0.274. The van der Waals surface area contributed by atoms with Crippen molar-refractivity contribution >= 4 is 5.91 Å². The third kappa shape index (κ3) is 9.07. The summed E-state index contributed by atoms with van der Waals surface area (Å²) in [7, 11) is 4.12. The van der Waals surface area contributed by atoms with Gasteiger partial charge in [-0.2, -0.15) is 0 Å². The van der Waals surface area contributed by atoms with Gasteiger partial charge in [0.1, 0.15) is 0 Å². The van der Waals surface area contributed by atoms with Crippen molar-refractivity contribution < 1.29 is 4.79 Å². The minimum Gasteiger partial charge on any atom is -0.337 e. The Morgan fingerprint density at radius 2 is 1.63 bits per heavy atom. The predicted octanol–water partition coefficient (Wildman–Crippen LogP) is 5.94. The minimum absolute atomic E-state index is 0.274. The van der Waals surface area contributed by atoms with Gasteiger partial charge in [0, 0.05) is 44.4 Å². The van der Waals surface area contributed by atoms with Crippen molar-refractivity contribution in [2.75, 3.05) is 33.7 Å². The second-order valence-corrected chi connectivity index (χ2v) is 11.0. The van der Waals surface area contributed by atoms with Crippen LogP contribution in [0.15, 0.2) is 72.9 Å². The summed E-state index contributed by atoms with van der Waals surface area (Å²) in [5, 5.41) is 3.54. The average Bonchev–Trinajstić information content (AvgIpc) is 3.47. The first-order chi connectivity index (χ1) is 18.6. The maximum atomic E-state index is 13.1. The van der Waals surface area contributed by atoms with E-state index in [0.717, 1.165) is 61.8 Å². The highest BCUT2D eigenvalue weighted by Gasteiger charge is 2.19. The van der Waals surface area contributed by atoms with E-state index in [1.54, 1.807) is 0 Å². The normalized spacial score (nSPS) is 13.8. The van der Waals surface area contributed by atoms with E-state index in [1.807, 2.05) is 11.1 Å². The van der Waals surface area contributed by atoms with Gasteiger partial charge in [-0.25, -0.2) is 0 Å². The van der Waals surface area contributed by atoms with E-state index < -0.39 is 0 Å². The SMILES string of the molecule is CN(C)CCN(Cc1ccc(-c2ccc(CNCCc3ccccc3)cc2)nc1)C(=O)CCC1CCCC1. The molecule has 202 valence electrons. The smallest absolute Gasteiger partial charge is 0.222 e. The lowest BCUT2D eigenvalue weighted by Gasteiger charge is -2.25. The summed E-state index contributed by atoms with van der Waals surface area (Å²) in [6.45, 7) is 4.06. The van der Waals surface area contributed by atoms with Gasteiger partial charge in [-0.1, -0.05) is 86.3 Å². The van der Waals surface area contributed by atoms with Gasteiger partial charge in [0.25, 0.3) is 0 Å². The molecule has 1 heterocycles. The fourth-order valence-corrected chi connectivity index (χ4v) is 5.21. The van der Waals surface area contributed by atoms with Crippen LogP contribution in [0.25, 0.3) is 11.3 Å². The summed E-state index contributed by atoms with van der Waals surface area (Å²) < 4.78 is 0. The Morgan fingerprint density at radius 1 is 0.895 bits per heavy atom. The maximum Gasteiger partial charge on any atom is 0.222 e. The van der Waals surface area contributed by atoms with Crippen LogP contribution in [0, 0.1) is 5.92 Å². The Morgan fingerprint density at radius 3 is 2.32 bits per heavy atom. The van der Waals surface area contributed by atoms with Crippen molar-refractivity contribution in [1.82, 2.24) is 20.1 Å². The number of nitrogens with one attached hydrogen (secondary N) is 1. The van der Waals surface area contributed by atoms with Gasteiger partial charge >= 0.3 is 0 Å². The van der Waals surface area contributed by atoms with Crippen LogP contribution in [-0.2, 0) is 24.3 Å². The summed E-state index contributed by atoms with van der Waals surface area (Å²) in [5.41, 5.74) is 5.79. The van der Waals surface area contributed by atoms with Crippen LogP contribution in [0.1, 0.15) is 55.2 Å². The highest BCUT2D eigenvalue weighted by Crippen LogP contribution is 2.29. The van der Waals surface area contributed by atoms with E-state index in [4.69, 9.17) is 4.98 Å². The molecule has 5 nitrogen and oxygen atoms in total. The zero-order valence-corrected chi connectivity index (χ0v) is 23.2. The van der Waals surface area contributed by atoms with Crippen molar-refractivity contribution in [3.05, 3.63) is 89.6 Å². The molecule has 1 aliphatic rings. The summed E-state index contributed by atoms with van der Waals surface area (Å²) in [5.74, 6) is 1.02. The number of carbonyl (C=O) groups is 1. The molecule has 2 aromatic carbocycles. The van der Waals surface area contributed by atoms with Gasteiger partial charge < -0.3 is 15.1 Å². The van der Waals surface area contributed by atoms with Gasteiger partial charge in [0.2, 0.25) is 5.91 Å². The van der Waals surface area contributed by atoms with Crippen LogP contribution < -0.4 is 5.32 Å². The second kappa shape index (κ2) is 14.8. The van der Waals surface area contributed by atoms with Crippen molar-refractivity contribution in [2.24, 2.45) is 5.92 Å². The van der Waals surface area contributed by atoms with Crippen molar-refractivity contribution in [1.29, 1.82) is 0 Å². The number of likely N-dealkylation sites (N-methyl/N-ethyl adjacent to an activating group) is 1. The van der Waals surface area contributed by atoms with E-state index in [1.165, 1.54) is 36.8 Å². The van der Waals surface area contributed by atoms with E-state index in [9.17, 15) is 4.79 Å². The first kappa shape index (κ1) is 28.0. The van der Waals surface area contributed by atoms with Crippen LogP contribution in [-0.4, -0.2) is 54.4 Å². The van der Waals surface area contributed by atoms with E-state index in [-0.39, 0.29) is 5.91 Å². The number of aromatic nitrogens is 1. The van der Waals surface area contributed by atoms with Gasteiger partial charge in [-0.05, 0) is 62.2 Å². The summed E-state index contributed by atoms with van der Waals surface area (Å²) >= 11 is 0. The van der Waals surface area contributed by atoms with Crippen LogP contribution >= 0.6 is 0 Å². The Labute approximate surface area is 229 Å². The topological polar surface area (TPSA) is 48.5 Å². The number of carbonyl (C=O) groups excluding carboxylic acids is 1.